The molecule has 0 N–H and O–H groups in total. The standard InChI is InChI=1S/C16H12FN5OS2/c17-12-5-3-11(4-6-12)15-18-13(9-23-15)10-25-16-19-20-21-22(16)8-14-2-1-7-24-14/h1-7,9H,8,10H2. The number of hydrogen-bond acceptors (Lipinski definition) is 7. The first-order valence-electron chi connectivity index (χ1n) is 7.39. The van der Waals surface area contributed by atoms with E-state index in [1.165, 1.54) is 28.8 Å². The van der Waals surface area contributed by atoms with Crippen molar-refractivity contribution >= 4 is 23.1 Å². The van der Waals surface area contributed by atoms with Gasteiger partial charge in [0.1, 0.15) is 12.1 Å². The zero-order valence-electron chi connectivity index (χ0n) is 12.9. The minimum Gasteiger partial charge on any atom is -0.444 e. The van der Waals surface area contributed by atoms with Crippen LogP contribution in [0.5, 0.6) is 0 Å². The smallest absolute Gasteiger partial charge is 0.226 e. The summed E-state index contributed by atoms with van der Waals surface area (Å²) in [6.07, 6.45) is 1.60. The number of tetrazole rings is 1. The molecule has 126 valence electrons. The summed E-state index contributed by atoms with van der Waals surface area (Å²) < 4.78 is 20.2. The Labute approximate surface area is 150 Å². The number of benzene rings is 1. The maximum absolute atomic E-state index is 13.0. The molecule has 4 aromatic rings. The van der Waals surface area contributed by atoms with E-state index in [-0.39, 0.29) is 5.82 Å². The summed E-state index contributed by atoms with van der Waals surface area (Å²) in [5.74, 6) is 0.757. The van der Waals surface area contributed by atoms with Crippen molar-refractivity contribution < 1.29 is 8.81 Å². The van der Waals surface area contributed by atoms with Crippen LogP contribution in [0, 0.1) is 5.82 Å². The molecule has 0 amide bonds. The van der Waals surface area contributed by atoms with Gasteiger partial charge < -0.3 is 4.42 Å². The molecule has 0 aliphatic heterocycles. The number of rotatable bonds is 6. The zero-order chi connectivity index (χ0) is 17.1. The van der Waals surface area contributed by atoms with Gasteiger partial charge in [0.15, 0.2) is 0 Å². The minimum atomic E-state index is -0.288. The molecule has 0 fully saturated rings. The molecule has 0 radical (unpaired) electrons. The van der Waals surface area contributed by atoms with Gasteiger partial charge in [-0.1, -0.05) is 17.8 Å². The van der Waals surface area contributed by atoms with E-state index in [1.54, 1.807) is 34.4 Å². The molecule has 0 bridgehead atoms. The summed E-state index contributed by atoms with van der Waals surface area (Å²) in [7, 11) is 0. The Kier molecular flexibility index (Phi) is 4.57. The molecule has 1 aromatic carbocycles. The molecule has 0 saturated heterocycles. The van der Waals surface area contributed by atoms with Gasteiger partial charge in [-0.2, -0.15) is 0 Å². The van der Waals surface area contributed by atoms with E-state index in [9.17, 15) is 4.39 Å². The Morgan fingerprint density at radius 1 is 1.20 bits per heavy atom. The summed E-state index contributed by atoms with van der Waals surface area (Å²) >= 11 is 3.16. The summed E-state index contributed by atoms with van der Waals surface area (Å²) in [4.78, 5) is 5.62. The molecule has 3 heterocycles. The summed E-state index contributed by atoms with van der Waals surface area (Å²) in [5.41, 5.74) is 1.51. The van der Waals surface area contributed by atoms with Crippen LogP contribution in [0.4, 0.5) is 4.39 Å². The highest BCUT2D eigenvalue weighted by Crippen LogP contribution is 2.24. The molecule has 4 rings (SSSR count). The number of thiophene rings is 1. The van der Waals surface area contributed by atoms with Gasteiger partial charge >= 0.3 is 0 Å². The van der Waals surface area contributed by atoms with Crippen molar-refractivity contribution in [2.75, 3.05) is 0 Å². The van der Waals surface area contributed by atoms with Crippen molar-refractivity contribution in [2.24, 2.45) is 0 Å². The summed E-state index contributed by atoms with van der Waals surface area (Å²) in [6, 6.07) is 10.1. The fraction of sp³-hybridized carbons (Fsp3) is 0.125. The second kappa shape index (κ2) is 7.16. The number of thioether (sulfide) groups is 1. The van der Waals surface area contributed by atoms with Gasteiger partial charge in [0.2, 0.25) is 11.0 Å². The van der Waals surface area contributed by atoms with Gasteiger partial charge in [0.05, 0.1) is 12.2 Å². The highest BCUT2D eigenvalue weighted by atomic mass is 32.2. The second-order valence-corrected chi connectivity index (χ2v) is 7.11. The van der Waals surface area contributed by atoms with Crippen LogP contribution in [-0.4, -0.2) is 25.2 Å². The van der Waals surface area contributed by atoms with E-state index in [2.05, 4.69) is 20.5 Å². The van der Waals surface area contributed by atoms with Crippen LogP contribution in [0.2, 0.25) is 0 Å². The largest absolute Gasteiger partial charge is 0.444 e. The Morgan fingerprint density at radius 3 is 2.88 bits per heavy atom. The van der Waals surface area contributed by atoms with Gasteiger partial charge in [0, 0.05) is 16.2 Å². The number of aromatic nitrogens is 5. The predicted molar refractivity (Wildman–Crippen MR) is 92.7 cm³/mol. The van der Waals surface area contributed by atoms with Crippen molar-refractivity contribution in [1.82, 2.24) is 25.2 Å². The van der Waals surface area contributed by atoms with Crippen LogP contribution in [0.15, 0.2) is 57.6 Å². The predicted octanol–water partition coefficient (Wildman–Crippen LogP) is 3.87. The van der Waals surface area contributed by atoms with E-state index in [0.29, 0.717) is 18.2 Å². The average Bonchev–Trinajstić information content (AvgIpc) is 3.36. The van der Waals surface area contributed by atoms with E-state index in [1.807, 2.05) is 17.5 Å². The summed E-state index contributed by atoms with van der Waals surface area (Å²) in [5, 5.41) is 14.6. The monoisotopic (exact) mass is 373 g/mol. The first-order valence-corrected chi connectivity index (χ1v) is 9.26. The molecular formula is C16H12FN5OS2. The first-order chi connectivity index (χ1) is 12.3. The van der Waals surface area contributed by atoms with Gasteiger partial charge in [0.25, 0.3) is 0 Å². The Balaban J connectivity index is 1.42. The van der Waals surface area contributed by atoms with Crippen molar-refractivity contribution in [1.29, 1.82) is 0 Å². The zero-order valence-corrected chi connectivity index (χ0v) is 14.5. The van der Waals surface area contributed by atoms with Crippen LogP contribution in [0.1, 0.15) is 10.6 Å². The second-order valence-electron chi connectivity index (χ2n) is 5.14. The van der Waals surface area contributed by atoms with Gasteiger partial charge in [-0.25, -0.2) is 14.1 Å². The van der Waals surface area contributed by atoms with Crippen molar-refractivity contribution in [2.45, 2.75) is 17.5 Å². The molecule has 9 heteroatoms. The van der Waals surface area contributed by atoms with E-state index in [0.717, 1.165) is 16.4 Å². The topological polar surface area (TPSA) is 69.6 Å². The molecule has 0 saturated carbocycles. The van der Waals surface area contributed by atoms with E-state index < -0.39 is 0 Å². The third-order valence-electron chi connectivity index (χ3n) is 3.38. The fourth-order valence-corrected chi connectivity index (χ4v) is 3.63. The molecule has 0 unspecified atom stereocenters. The number of halogens is 1. The van der Waals surface area contributed by atoms with Crippen molar-refractivity contribution in [3.63, 3.8) is 0 Å². The third-order valence-corrected chi connectivity index (χ3v) is 5.23. The van der Waals surface area contributed by atoms with Crippen LogP contribution in [-0.2, 0) is 12.3 Å². The van der Waals surface area contributed by atoms with Crippen molar-refractivity contribution in [3.8, 4) is 11.5 Å². The van der Waals surface area contributed by atoms with Crippen molar-refractivity contribution in [3.05, 3.63) is 64.4 Å². The molecule has 0 aliphatic rings. The lowest BCUT2D eigenvalue weighted by atomic mass is 10.2. The van der Waals surface area contributed by atoms with Crippen LogP contribution in [0.3, 0.4) is 0 Å². The molecule has 6 nitrogen and oxygen atoms in total. The molecular weight excluding hydrogens is 361 g/mol. The van der Waals surface area contributed by atoms with E-state index in [4.69, 9.17) is 4.42 Å². The lowest BCUT2D eigenvalue weighted by Crippen LogP contribution is -2.02. The third kappa shape index (κ3) is 3.77. The highest BCUT2D eigenvalue weighted by molar-refractivity contribution is 7.98. The number of nitrogens with zero attached hydrogens (tertiary/aromatic N) is 5. The first kappa shape index (κ1) is 16.0. The molecule has 3 aromatic heterocycles. The average molecular weight is 373 g/mol. The minimum absolute atomic E-state index is 0.288. The Hall–Kier alpha value is -2.52. The quantitative estimate of drug-likeness (QED) is 0.478. The molecule has 25 heavy (non-hydrogen) atoms. The lowest BCUT2D eigenvalue weighted by Gasteiger charge is -2.01. The highest BCUT2D eigenvalue weighted by Gasteiger charge is 2.11. The normalized spacial score (nSPS) is 11.1. The fourth-order valence-electron chi connectivity index (χ4n) is 2.19. The van der Waals surface area contributed by atoms with Crippen LogP contribution < -0.4 is 0 Å². The number of oxazole rings is 1. The maximum Gasteiger partial charge on any atom is 0.226 e. The molecule has 0 atom stereocenters. The molecule has 0 aliphatic carbocycles. The van der Waals surface area contributed by atoms with Gasteiger partial charge in [-0.3, -0.25) is 0 Å². The number of hydrogen-bond donors (Lipinski definition) is 0. The SMILES string of the molecule is Fc1ccc(-c2nc(CSc3nnnn3Cc3cccs3)co2)cc1. The Morgan fingerprint density at radius 2 is 2.08 bits per heavy atom. The Bertz CT molecular complexity index is 949. The molecule has 0 spiro atoms. The van der Waals surface area contributed by atoms with E-state index >= 15 is 0 Å². The lowest BCUT2D eigenvalue weighted by molar-refractivity contribution is 0.572. The van der Waals surface area contributed by atoms with Gasteiger partial charge in [-0.15, -0.1) is 16.4 Å². The van der Waals surface area contributed by atoms with Crippen LogP contribution in [0.25, 0.3) is 11.5 Å². The maximum atomic E-state index is 13.0. The van der Waals surface area contributed by atoms with Crippen LogP contribution >= 0.6 is 23.1 Å². The summed E-state index contributed by atoms with van der Waals surface area (Å²) in [6.45, 7) is 0.645. The van der Waals surface area contributed by atoms with Gasteiger partial charge in [-0.05, 0) is 46.1 Å².